The fraction of sp³-hybridized carbons (Fsp3) is 0.286. The highest BCUT2D eigenvalue weighted by atomic mass is 32.1. The van der Waals surface area contributed by atoms with E-state index < -0.39 is 6.09 Å². The standard InChI is InChI=1S/C14H14N2O2S/c1-9-15-12(8-19-9)13-11-5-3-2-4-10(11)6-7-16(13)14(17)18/h2-5,8,13H,6-7H2,1H3,(H,17,18). The van der Waals surface area contributed by atoms with Crippen LogP contribution in [0.15, 0.2) is 29.6 Å². The number of rotatable bonds is 1. The molecule has 4 nitrogen and oxygen atoms in total. The SMILES string of the molecule is Cc1nc(C2c3ccccc3CCN2C(=O)O)cs1. The minimum absolute atomic E-state index is 0.271. The summed E-state index contributed by atoms with van der Waals surface area (Å²) in [4.78, 5) is 17.4. The molecule has 0 saturated heterocycles. The first kappa shape index (κ1) is 12.2. The van der Waals surface area contributed by atoms with Gasteiger partial charge in [-0.2, -0.15) is 0 Å². The van der Waals surface area contributed by atoms with Gasteiger partial charge in [0.1, 0.15) is 6.04 Å². The molecule has 98 valence electrons. The Hall–Kier alpha value is -1.88. The van der Waals surface area contributed by atoms with Crippen LogP contribution in [0, 0.1) is 6.92 Å². The van der Waals surface area contributed by atoms with Gasteiger partial charge < -0.3 is 5.11 Å². The lowest BCUT2D eigenvalue weighted by Crippen LogP contribution is -2.39. The van der Waals surface area contributed by atoms with Crippen molar-refractivity contribution in [3.8, 4) is 0 Å². The van der Waals surface area contributed by atoms with Crippen LogP contribution in [0.25, 0.3) is 0 Å². The maximum Gasteiger partial charge on any atom is 0.408 e. The lowest BCUT2D eigenvalue weighted by molar-refractivity contribution is 0.128. The van der Waals surface area contributed by atoms with Crippen LogP contribution in [0.4, 0.5) is 4.79 Å². The first-order chi connectivity index (χ1) is 9.16. The molecule has 2 heterocycles. The Morgan fingerprint density at radius 1 is 1.47 bits per heavy atom. The molecule has 0 saturated carbocycles. The van der Waals surface area contributed by atoms with Gasteiger partial charge in [-0.1, -0.05) is 24.3 Å². The second kappa shape index (κ2) is 4.66. The molecule has 0 aliphatic carbocycles. The predicted octanol–water partition coefficient (Wildman–Crippen LogP) is 3.08. The van der Waals surface area contributed by atoms with Gasteiger partial charge in [-0.25, -0.2) is 9.78 Å². The number of thiazole rings is 1. The number of fused-ring (bicyclic) bond motifs is 1. The van der Waals surface area contributed by atoms with E-state index in [2.05, 4.69) is 11.1 Å². The van der Waals surface area contributed by atoms with Gasteiger partial charge in [0.15, 0.2) is 0 Å². The molecule has 1 unspecified atom stereocenters. The van der Waals surface area contributed by atoms with Crippen LogP contribution in [-0.4, -0.2) is 27.6 Å². The molecule has 0 spiro atoms. The molecule has 3 rings (SSSR count). The van der Waals surface area contributed by atoms with Gasteiger partial charge in [-0.15, -0.1) is 11.3 Å². The number of carboxylic acid groups (broad SMARTS) is 1. The summed E-state index contributed by atoms with van der Waals surface area (Å²) in [7, 11) is 0. The minimum Gasteiger partial charge on any atom is -0.465 e. The molecule has 2 aromatic rings. The highest BCUT2D eigenvalue weighted by Crippen LogP contribution is 2.35. The van der Waals surface area contributed by atoms with Gasteiger partial charge in [0.05, 0.1) is 10.7 Å². The lowest BCUT2D eigenvalue weighted by Gasteiger charge is -2.34. The topological polar surface area (TPSA) is 53.4 Å². The van der Waals surface area contributed by atoms with Gasteiger partial charge in [-0.3, -0.25) is 4.90 Å². The molecule has 1 aromatic heterocycles. The third-order valence-electron chi connectivity index (χ3n) is 3.45. The van der Waals surface area contributed by atoms with Crippen molar-refractivity contribution in [2.75, 3.05) is 6.54 Å². The van der Waals surface area contributed by atoms with Crippen LogP contribution in [0.5, 0.6) is 0 Å². The van der Waals surface area contributed by atoms with Crippen molar-refractivity contribution in [3.05, 3.63) is 51.5 Å². The van der Waals surface area contributed by atoms with Crippen LogP contribution in [-0.2, 0) is 6.42 Å². The third-order valence-corrected chi connectivity index (χ3v) is 4.24. The van der Waals surface area contributed by atoms with Crippen LogP contribution < -0.4 is 0 Å². The number of hydrogen-bond donors (Lipinski definition) is 1. The average Bonchev–Trinajstić information content (AvgIpc) is 2.83. The van der Waals surface area contributed by atoms with E-state index in [1.165, 1.54) is 10.5 Å². The van der Waals surface area contributed by atoms with Gasteiger partial charge >= 0.3 is 6.09 Å². The van der Waals surface area contributed by atoms with Gasteiger partial charge in [0, 0.05) is 11.9 Å². The first-order valence-electron chi connectivity index (χ1n) is 6.16. The summed E-state index contributed by atoms with van der Waals surface area (Å²) in [6, 6.07) is 7.76. The monoisotopic (exact) mass is 274 g/mol. The number of amides is 1. The molecule has 0 bridgehead atoms. The Morgan fingerprint density at radius 3 is 2.95 bits per heavy atom. The second-order valence-corrected chi connectivity index (χ2v) is 5.68. The quantitative estimate of drug-likeness (QED) is 0.869. The molecular formula is C14H14N2O2S. The van der Waals surface area contributed by atoms with E-state index in [0.29, 0.717) is 6.54 Å². The summed E-state index contributed by atoms with van der Waals surface area (Å²) in [6.07, 6.45) is -0.118. The summed E-state index contributed by atoms with van der Waals surface area (Å²) >= 11 is 1.56. The van der Waals surface area contributed by atoms with Crippen molar-refractivity contribution in [1.82, 2.24) is 9.88 Å². The Balaban J connectivity index is 2.12. The zero-order valence-corrected chi connectivity index (χ0v) is 11.4. The Bertz CT molecular complexity index is 623. The smallest absolute Gasteiger partial charge is 0.408 e. The molecule has 1 amide bonds. The summed E-state index contributed by atoms with van der Waals surface area (Å²) in [6.45, 7) is 2.46. The number of hydrogen-bond acceptors (Lipinski definition) is 3. The largest absolute Gasteiger partial charge is 0.465 e. The lowest BCUT2D eigenvalue weighted by atomic mass is 9.91. The highest BCUT2D eigenvalue weighted by molar-refractivity contribution is 7.09. The molecular weight excluding hydrogens is 260 g/mol. The number of benzene rings is 1. The zero-order chi connectivity index (χ0) is 13.4. The maximum atomic E-state index is 11.5. The number of aryl methyl sites for hydroxylation is 1. The summed E-state index contributed by atoms with van der Waals surface area (Å²) in [5, 5.41) is 12.3. The Kier molecular flexibility index (Phi) is 2.98. The average molecular weight is 274 g/mol. The van der Waals surface area contributed by atoms with Crippen molar-refractivity contribution < 1.29 is 9.90 Å². The van der Waals surface area contributed by atoms with Crippen molar-refractivity contribution in [2.24, 2.45) is 0 Å². The van der Waals surface area contributed by atoms with Gasteiger partial charge in [0.2, 0.25) is 0 Å². The van der Waals surface area contributed by atoms with E-state index in [1.807, 2.05) is 30.5 Å². The third kappa shape index (κ3) is 2.10. The first-order valence-corrected chi connectivity index (χ1v) is 7.04. The summed E-state index contributed by atoms with van der Waals surface area (Å²) < 4.78 is 0. The molecule has 0 fully saturated rings. The van der Waals surface area contributed by atoms with Crippen molar-refractivity contribution >= 4 is 17.4 Å². The van der Waals surface area contributed by atoms with Crippen molar-refractivity contribution in [3.63, 3.8) is 0 Å². The number of carbonyl (C=O) groups is 1. The Labute approximate surface area is 115 Å². The van der Waals surface area contributed by atoms with E-state index >= 15 is 0 Å². The molecule has 1 N–H and O–H groups in total. The predicted molar refractivity (Wildman–Crippen MR) is 73.6 cm³/mol. The van der Waals surface area contributed by atoms with Gasteiger partial charge in [0.25, 0.3) is 0 Å². The molecule has 1 aromatic carbocycles. The van der Waals surface area contributed by atoms with Crippen LogP contribution in [0.2, 0.25) is 0 Å². The van der Waals surface area contributed by atoms with E-state index in [-0.39, 0.29) is 6.04 Å². The van der Waals surface area contributed by atoms with Crippen LogP contribution >= 0.6 is 11.3 Å². The molecule has 19 heavy (non-hydrogen) atoms. The molecule has 5 heteroatoms. The van der Waals surface area contributed by atoms with E-state index in [1.54, 1.807) is 11.3 Å². The van der Waals surface area contributed by atoms with Crippen molar-refractivity contribution in [2.45, 2.75) is 19.4 Å². The molecule has 1 aliphatic heterocycles. The number of nitrogens with zero attached hydrogens (tertiary/aromatic N) is 2. The van der Waals surface area contributed by atoms with Crippen LogP contribution in [0.3, 0.4) is 0 Å². The fourth-order valence-electron chi connectivity index (χ4n) is 2.60. The molecule has 1 atom stereocenters. The van der Waals surface area contributed by atoms with E-state index in [4.69, 9.17) is 0 Å². The highest BCUT2D eigenvalue weighted by Gasteiger charge is 2.33. The van der Waals surface area contributed by atoms with Crippen molar-refractivity contribution in [1.29, 1.82) is 0 Å². The van der Waals surface area contributed by atoms with E-state index in [9.17, 15) is 9.90 Å². The minimum atomic E-state index is -0.884. The van der Waals surface area contributed by atoms with Crippen LogP contribution in [0.1, 0.15) is 27.9 Å². The normalized spacial score (nSPS) is 18.2. The van der Waals surface area contributed by atoms with Gasteiger partial charge in [-0.05, 0) is 24.5 Å². The second-order valence-electron chi connectivity index (χ2n) is 4.62. The number of aromatic nitrogens is 1. The summed E-state index contributed by atoms with van der Waals surface area (Å²) in [5.41, 5.74) is 3.11. The summed E-state index contributed by atoms with van der Waals surface area (Å²) in [5.74, 6) is 0. The zero-order valence-electron chi connectivity index (χ0n) is 10.5. The fourth-order valence-corrected chi connectivity index (χ4v) is 3.23. The molecule has 0 radical (unpaired) electrons. The molecule has 1 aliphatic rings. The van der Waals surface area contributed by atoms with E-state index in [0.717, 1.165) is 22.7 Å². The Morgan fingerprint density at radius 2 is 2.26 bits per heavy atom. The maximum absolute atomic E-state index is 11.5.